The van der Waals surface area contributed by atoms with Gasteiger partial charge >= 0.3 is 6.03 Å². The number of piperidine rings is 1. The minimum Gasteiger partial charge on any atom is -0.324 e. The molecular formula is C22H22FN5O2. The van der Waals surface area contributed by atoms with Gasteiger partial charge in [0, 0.05) is 30.3 Å². The zero-order valence-electron chi connectivity index (χ0n) is 16.3. The first kappa shape index (κ1) is 19.6. The number of nitrogens with zero attached hydrogens (tertiary/aromatic N) is 2. The fourth-order valence-electron chi connectivity index (χ4n) is 3.66. The number of carbonyl (C=O) groups excluding carboxylic acids is 2. The zero-order chi connectivity index (χ0) is 20.9. The minimum atomic E-state index is -0.402. The summed E-state index contributed by atoms with van der Waals surface area (Å²) in [6.45, 7) is 1.08. The lowest BCUT2D eigenvalue weighted by molar-refractivity contribution is 0.102. The van der Waals surface area contributed by atoms with Crippen molar-refractivity contribution in [1.29, 1.82) is 0 Å². The van der Waals surface area contributed by atoms with Gasteiger partial charge in [-0.25, -0.2) is 9.18 Å². The highest BCUT2D eigenvalue weighted by atomic mass is 19.1. The number of hydrogen-bond donors (Lipinski definition) is 3. The van der Waals surface area contributed by atoms with Crippen LogP contribution in [0.2, 0.25) is 0 Å². The van der Waals surface area contributed by atoms with Gasteiger partial charge in [0.05, 0.1) is 17.6 Å². The number of anilines is 2. The van der Waals surface area contributed by atoms with Gasteiger partial charge in [-0.05, 0) is 43.2 Å². The largest absolute Gasteiger partial charge is 0.324 e. The quantitative estimate of drug-likeness (QED) is 0.605. The molecule has 3 N–H and O–H groups in total. The van der Waals surface area contributed by atoms with Crippen LogP contribution < -0.4 is 10.6 Å². The number of aromatic amines is 1. The normalized spacial score (nSPS) is 16.2. The number of halogens is 1. The van der Waals surface area contributed by atoms with Gasteiger partial charge in [-0.2, -0.15) is 5.10 Å². The topological polar surface area (TPSA) is 90.1 Å². The predicted molar refractivity (Wildman–Crippen MR) is 112 cm³/mol. The van der Waals surface area contributed by atoms with Crippen LogP contribution in [0.4, 0.5) is 20.6 Å². The maximum Gasteiger partial charge on any atom is 0.321 e. The molecule has 7 nitrogen and oxygen atoms in total. The smallest absolute Gasteiger partial charge is 0.321 e. The Morgan fingerprint density at radius 2 is 1.93 bits per heavy atom. The number of urea groups is 1. The average Bonchev–Trinajstić information content (AvgIpc) is 3.22. The van der Waals surface area contributed by atoms with E-state index in [9.17, 15) is 14.0 Å². The molecular weight excluding hydrogens is 385 g/mol. The molecule has 3 aromatic rings. The molecule has 0 unspecified atom stereocenters. The van der Waals surface area contributed by atoms with Crippen molar-refractivity contribution in [3.05, 3.63) is 77.9 Å². The second-order valence-electron chi connectivity index (χ2n) is 7.24. The Labute approximate surface area is 173 Å². The number of likely N-dealkylation sites (tertiary alicyclic amines) is 1. The molecule has 1 saturated heterocycles. The molecule has 1 aliphatic rings. The zero-order valence-corrected chi connectivity index (χ0v) is 16.3. The van der Waals surface area contributed by atoms with Crippen molar-refractivity contribution in [2.24, 2.45) is 0 Å². The average molecular weight is 407 g/mol. The third-order valence-corrected chi connectivity index (χ3v) is 5.15. The lowest BCUT2D eigenvalue weighted by Crippen LogP contribution is -2.41. The highest BCUT2D eigenvalue weighted by Crippen LogP contribution is 2.31. The molecule has 8 heteroatoms. The standard InChI is InChI=1S/C22H22FN5O2/c23-17-9-4-10-18(12-17)25-22(30)28-11-5-8-16(14-28)20-19(13-24-27-20)26-21(29)15-6-2-1-3-7-15/h1-4,6-7,9-10,12-13,16H,5,8,11,14H2,(H,24,27)(H,25,30)(H,26,29)/t16-/m0/s1. The van der Waals surface area contributed by atoms with Gasteiger partial charge in [-0.3, -0.25) is 9.89 Å². The van der Waals surface area contributed by atoms with Crippen LogP contribution in [0.3, 0.4) is 0 Å². The highest BCUT2D eigenvalue weighted by Gasteiger charge is 2.28. The Morgan fingerprint density at radius 3 is 2.73 bits per heavy atom. The van der Waals surface area contributed by atoms with E-state index in [4.69, 9.17) is 0 Å². The van der Waals surface area contributed by atoms with E-state index in [-0.39, 0.29) is 17.9 Å². The van der Waals surface area contributed by atoms with Crippen molar-refractivity contribution < 1.29 is 14.0 Å². The van der Waals surface area contributed by atoms with E-state index in [1.54, 1.807) is 47.5 Å². The van der Waals surface area contributed by atoms with Crippen LogP contribution >= 0.6 is 0 Å². The first-order valence-electron chi connectivity index (χ1n) is 9.81. The maximum absolute atomic E-state index is 13.4. The Balaban J connectivity index is 1.43. The molecule has 30 heavy (non-hydrogen) atoms. The van der Waals surface area contributed by atoms with E-state index >= 15 is 0 Å². The number of hydrogen-bond acceptors (Lipinski definition) is 3. The number of rotatable bonds is 4. The number of aromatic nitrogens is 2. The second-order valence-corrected chi connectivity index (χ2v) is 7.24. The Hall–Kier alpha value is -3.68. The lowest BCUT2D eigenvalue weighted by atomic mass is 9.94. The third-order valence-electron chi connectivity index (χ3n) is 5.15. The molecule has 154 valence electrons. The van der Waals surface area contributed by atoms with E-state index in [1.165, 1.54) is 12.1 Å². The van der Waals surface area contributed by atoms with Crippen molar-refractivity contribution in [2.45, 2.75) is 18.8 Å². The van der Waals surface area contributed by atoms with Crippen LogP contribution in [-0.4, -0.2) is 40.1 Å². The third kappa shape index (κ3) is 4.48. The minimum absolute atomic E-state index is 0.00517. The summed E-state index contributed by atoms with van der Waals surface area (Å²) >= 11 is 0. The number of benzene rings is 2. The van der Waals surface area contributed by atoms with Gasteiger partial charge in [-0.1, -0.05) is 24.3 Å². The molecule has 0 saturated carbocycles. The molecule has 1 fully saturated rings. The lowest BCUT2D eigenvalue weighted by Gasteiger charge is -2.32. The Bertz CT molecular complexity index is 1040. The van der Waals surface area contributed by atoms with Crippen molar-refractivity contribution in [3.8, 4) is 0 Å². The predicted octanol–water partition coefficient (Wildman–Crippen LogP) is 4.21. The monoisotopic (exact) mass is 407 g/mol. The molecule has 0 spiro atoms. The summed E-state index contributed by atoms with van der Waals surface area (Å²) < 4.78 is 13.4. The van der Waals surface area contributed by atoms with Crippen LogP contribution in [0, 0.1) is 5.82 Å². The fraction of sp³-hybridized carbons (Fsp3) is 0.227. The molecule has 0 radical (unpaired) electrons. The van der Waals surface area contributed by atoms with Gasteiger partial charge < -0.3 is 15.5 Å². The SMILES string of the molecule is O=C(Nc1cn[nH]c1[C@H]1CCCN(C(=O)Nc2cccc(F)c2)C1)c1ccccc1. The van der Waals surface area contributed by atoms with Gasteiger partial charge in [-0.15, -0.1) is 0 Å². The van der Waals surface area contributed by atoms with Crippen LogP contribution in [0.1, 0.15) is 34.8 Å². The molecule has 1 atom stereocenters. The number of carbonyl (C=O) groups is 2. The molecule has 2 aromatic carbocycles. The number of nitrogens with one attached hydrogen (secondary N) is 3. The van der Waals surface area contributed by atoms with E-state index in [0.717, 1.165) is 18.5 Å². The van der Waals surface area contributed by atoms with Gasteiger partial charge in [0.2, 0.25) is 0 Å². The summed E-state index contributed by atoms with van der Waals surface area (Å²) in [6, 6.07) is 14.5. The summed E-state index contributed by atoms with van der Waals surface area (Å²) in [5.74, 6) is -0.610. The molecule has 3 amide bonds. The summed E-state index contributed by atoms with van der Waals surface area (Å²) in [7, 11) is 0. The van der Waals surface area contributed by atoms with Crippen molar-refractivity contribution >= 4 is 23.3 Å². The molecule has 1 aromatic heterocycles. The maximum atomic E-state index is 13.4. The number of H-pyrrole nitrogens is 1. The van der Waals surface area contributed by atoms with E-state index in [2.05, 4.69) is 20.8 Å². The van der Waals surface area contributed by atoms with Crippen LogP contribution in [0.5, 0.6) is 0 Å². The molecule has 1 aliphatic heterocycles. The van der Waals surface area contributed by atoms with E-state index < -0.39 is 5.82 Å². The fourth-order valence-corrected chi connectivity index (χ4v) is 3.66. The van der Waals surface area contributed by atoms with E-state index in [1.807, 2.05) is 6.07 Å². The summed E-state index contributed by atoms with van der Waals surface area (Å²) in [4.78, 5) is 26.8. The second kappa shape index (κ2) is 8.77. The first-order valence-corrected chi connectivity index (χ1v) is 9.81. The molecule has 0 bridgehead atoms. The van der Waals surface area contributed by atoms with Crippen molar-refractivity contribution in [2.75, 3.05) is 23.7 Å². The number of amides is 3. The van der Waals surface area contributed by atoms with E-state index in [0.29, 0.717) is 30.0 Å². The summed E-state index contributed by atoms with van der Waals surface area (Å²) in [5.41, 5.74) is 2.38. The van der Waals surface area contributed by atoms with Gasteiger partial charge in [0.1, 0.15) is 5.82 Å². The van der Waals surface area contributed by atoms with Crippen molar-refractivity contribution in [3.63, 3.8) is 0 Å². The first-order chi connectivity index (χ1) is 14.6. The Kier molecular flexibility index (Phi) is 5.74. The highest BCUT2D eigenvalue weighted by molar-refractivity contribution is 6.04. The van der Waals surface area contributed by atoms with Gasteiger partial charge in [0.25, 0.3) is 5.91 Å². The van der Waals surface area contributed by atoms with Crippen LogP contribution in [0.25, 0.3) is 0 Å². The summed E-state index contributed by atoms with van der Waals surface area (Å²) in [6.07, 6.45) is 3.26. The van der Waals surface area contributed by atoms with Crippen LogP contribution in [-0.2, 0) is 0 Å². The molecule has 0 aliphatic carbocycles. The van der Waals surface area contributed by atoms with Crippen LogP contribution in [0.15, 0.2) is 60.8 Å². The molecule has 4 rings (SSSR count). The molecule has 2 heterocycles. The Morgan fingerprint density at radius 1 is 1.10 bits per heavy atom. The van der Waals surface area contributed by atoms with Gasteiger partial charge in [0.15, 0.2) is 0 Å². The van der Waals surface area contributed by atoms with Crippen molar-refractivity contribution in [1.82, 2.24) is 15.1 Å². The summed E-state index contributed by atoms with van der Waals surface area (Å²) in [5, 5.41) is 12.7.